The van der Waals surface area contributed by atoms with Gasteiger partial charge in [0.05, 0.1) is 0 Å². The summed E-state index contributed by atoms with van der Waals surface area (Å²) in [7, 11) is 0. The van der Waals surface area contributed by atoms with Crippen molar-refractivity contribution >= 4 is 5.97 Å². The molecular formula is C9H12O2. The molecule has 0 spiro atoms. The van der Waals surface area contributed by atoms with Crippen LogP contribution in [0.4, 0.5) is 0 Å². The third kappa shape index (κ3) is 8.77. The Morgan fingerprint density at radius 2 is 2.18 bits per heavy atom. The summed E-state index contributed by atoms with van der Waals surface area (Å²) in [5.74, 6) is 3.55. The standard InChI is InChI=1S/C9H12O2/c1-8(2)6-4-3-5-7-9(10)11/h6H,3-4H2,1-2H3,(H,10,11). The van der Waals surface area contributed by atoms with Crippen LogP contribution in [-0.4, -0.2) is 11.1 Å². The molecule has 0 aliphatic rings. The van der Waals surface area contributed by atoms with Crippen LogP contribution in [0, 0.1) is 11.8 Å². The van der Waals surface area contributed by atoms with Crippen LogP contribution in [0.3, 0.4) is 0 Å². The van der Waals surface area contributed by atoms with Crippen LogP contribution >= 0.6 is 0 Å². The van der Waals surface area contributed by atoms with Gasteiger partial charge in [0, 0.05) is 12.3 Å². The van der Waals surface area contributed by atoms with E-state index in [1.54, 1.807) is 0 Å². The van der Waals surface area contributed by atoms with Crippen LogP contribution in [0.2, 0.25) is 0 Å². The van der Waals surface area contributed by atoms with E-state index in [-0.39, 0.29) is 0 Å². The highest BCUT2D eigenvalue weighted by Crippen LogP contribution is 1.94. The summed E-state index contributed by atoms with van der Waals surface area (Å²) in [5.41, 5.74) is 1.24. The molecule has 0 saturated heterocycles. The first kappa shape index (κ1) is 9.77. The number of hydrogen-bond acceptors (Lipinski definition) is 1. The van der Waals surface area contributed by atoms with Crippen molar-refractivity contribution in [3.05, 3.63) is 11.6 Å². The van der Waals surface area contributed by atoms with Crippen molar-refractivity contribution in [1.82, 2.24) is 0 Å². The molecule has 0 bridgehead atoms. The highest BCUT2D eigenvalue weighted by Gasteiger charge is 1.82. The fraction of sp³-hybridized carbons (Fsp3) is 0.444. The van der Waals surface area contributed by atoms with E-state index in [1.807, 2.05) is 19.9 Å². The summed E-state index contributed by atoms with van der Waals surface area (Å²) in [5, 5.41) is 8.13. The van der Waals surface area contributed by atoms with Gasteiger partial charge in [-0.3, -0.25) is 0 Å². The highest BCUT2D eigenvalue weighted by atomic mass is 16.4. The van der Waals surface area contributed by atoms with E-state index < -0.39 is 5.97 Å². The first-order valence-corrected chi connectivity index (χ1v) is 3.48. The zero-order chi connectivity index (χ0) is 8.69. The van der Waals surface area contributed by atoms with Crippen LogP contribution in [-0.2, 0) is 4.79 Å². The maximum absolute atomic E-state index is 9.91. The van der Waals surface area contributed by atoms with Crippen LogP contribution in [0.5, 0.6) is 0 Å². The van der Waals surface area contributed by atoms with E-state index in [4.69, 9.17) is 5.11 Å². The molecule has 60 valence electrons. The average Bonchev–Trinajstić information content (AvgIpc) is 1.85. The summed E-state index contributed by atoms with van der Waals surface area (Å²) in [6.45, 7) is 4.01. The number of aliphatic carboxylic acids is 1. The van der Waals surface area contributed by atoms with E-state index in [1.165, 1.54) is 5.57 Å². The molecule has 0 radical (unpaired) electrons. The van der Waals surface area contributed by atoms with Gasteiger partial charge in [-0.2, -0.15) is 0 Å². The van der Waals surface area contributed by atoms with Gasteiger partial charge in [-0.1, -0.05) is 17.6 Å². The molecule has 0 aromatic heterocycles. The highest BCUT2D eigenvalue weighted by molar-refractivity contribution is 5.86. The van der Waals surface area contributed by atoms with E-state index in [2.05, 4.69) is 11.8 Å². The molecule has 11 heavy (non-hydrogen) atoms. The first-order chi connectivity index (χ1) is 5.13. The summed E-state index contributed by atoms with van der Waals surface area (Å²) in [4.78, 5) is 9.91. The predicted octanol–water partition coefficient (Wildman–Crippen LogP) is 1.82. The van der Waals surface area contributed by atoms with Crippen molar-refractivity contribution in [2.24, 2.45) is 0 Å². The molecule has 0 rings (SSSR count). The Labute approximate surface area is 66.9 Å². The van der Waals surface area contributed by atoms with Gasteiger partial charge >= 0.3 is 5.97 Å². The average molecular weight is 152 g/mol. The lowest BCUT2D eigenvalue weighted by Gasteiger charge is -1.85. The smallest absolute Gasteiger partial charge is 0.381 e. The minimum Gasteiger partial charge on any atom is -0.472 e. The summed E-state index contributed by atoms with van der Waals surface area (Å²) >= 11 is 0. The molecule has 2 nitrogen and oxygen atoms in total. The maximum Gasteiger partial charge on any atom is 0.381 e. The quantitative estimate of drug-likeness (QED) is 0.372. The topological polar surface area (TPSA) is 37.3 Å². The minimum atomic E-state index is -1.05. The molecule has 0 fully saturated rings. The summed E-state index contributed by atoms with van der Waals surface area (Å²) in [6.07, 6.45) is 3.50. The van der Waals surface area contributed by atoms with Crippen LogP contribution in [0.1, 0.15) is 26.7 Å². The molecule has 2 heteroatoms. The number of carbonyl (C=O) groups is 1. The number of carboxylic acids is 1. The molecule has 0 heterocycles. The van der Waals surface area contributed by atoms with Crippen molar-refractivity contribution < 1.29 is 9.90 Å². The molecule has 0 unspecified atom stereocenters. The number of allylic oxidation sites excluding steroid dienone is 2. The number of rotatable bonds is 2. The molecule has 0 atom stereocenters. The Bertz CT molecular complexity index is 211. The normalized spacial score (nSPS) is 7.82. The Balaban J connectivity index is 3.53. The number of hydrogen-bond donors (Lipinski definition) is 1. The fourth-order valence-corrected chi connectivity index (χ4v) is 0.571. The number of carboxylic acid groups (broad SMARTS) is 1. The lowest BCUT2D eigenvalue weighted by atomic mass is 10.2. The first-order valence-electron chi connectivity index (χ1n) is 3.48. The van der Waals surface area contributed by atoms with Gasteiger partial charge in [-0.05, 0) is 20.3 Å². The predicted molar refractivity (Wildman–Crippen MR) is 44.1 cm³/mol. The van der Waals surface area contributed by atoms with Crippen molar-refractivity contribution in [3.63, 3.8) is 0 Å². The van der Waals surface area contributed by atoms with Gasteiger partial charge in [0.25, 0.3) is 0 Å². The molecular weight excluding hydrogens is 140 g/mol. The van der Waals surface area contributed by atoms with E-state index in [0.29, 0.717) is 6.42 Å². The minimum absolute atomic E-state index is 0.622. The second-order valence-corrected chi connectivity index (χ2v) is 2.43. The fourth-order valence-electron chi connectivity index (χ4n) is 0.571. The van der Waals surface area contributed by atoms with Crippen LogP contribution in [0.25, 0.3) is 0 Å². The molecule has 1 N–H and O–H groups in total. The molecule has 0 saturated carbocycles. The van der Waals surface area contributed by atoms with Gasteiger partial charge in [0.2, 0.25) is 0 Å². The second kappa shape index (κ2) is 5.55. The van der Waals surface area contributed by atoms with Gasteiger partial charge in [-0.25, -0.2) is 4.79 Å². The van der Waals surface area contributed by atoms with E-state index in [9.17, 15) is 4.79 Å². The Kier molecular flexibility index (Phi) is 4.93. The number of unbranched alkanes of at least 4 members (excludes halogenated alkanes) is 1. The van der Waals surface area contributed by atoms with Gasteiger partial charge in [0.15, 0.2) is 0 Å². The van der Waals surface area contributed by atoms with Crippen molar-refractivity contribution in [3.8, 4) is 11.8 Å². The summed E-state index contributed by atoms with van der Waals surface area (Å²) < 4.78 is 0. The molecule has 0 aromatic rings. The Hall–Kier alpha value is -1.23. The van der Waals surface area contributed by atoms with Gasteiger partial charge < -0.3 is 5.11 Å². The van der Waals surface area contributed by atoms with E-state index in [0.717, 1.165) is 6.42 Å². The Morgan fingerprint density at radius 3 is 2.64 bits per heavy atom. The maximum atomic E-state index is 9.91. The molecule has 0 amide bonds. The lowest BCUT2D eigenvalue weighted by Crippen LogP contribution is -1.86. The third-order valence-corrected chi connectivity index (χ3v) is 1.02. The summed E-state index contributed by atoms with van der Waals surface area (Å²) in [6, 6.07) is 0. The van der Waals surface area contributed by atoms with Crippen LogP contribution < -0.4 is 0 Å². The monoisotopic (exact) mass is 152 g/mol. The van der Waals surface area contributed by atoms with E-state index >= 15 is 0 Å². The SMILES string of the molecule is CC(C)=CCCC#CC(=O)O. The third-order valence-electron chi connectivity index (χ3n) is 1.02. The lowest BCUT2D eigenvalue weighted by molar-refractivity contribution is -0.130. The zero-order valence-corrected chi connectivity index (χ0v) is 6.85. The second-order valence-electron chi connectivity index (χ2n) is 2.43. The van der Waals surface area contributed by atoms with Crippen LogP contribution in [0.15, 0.2) is 11.6 Å². The van der Waals surface area contributed by atoms with Crippen molar-refractivity contribution in [1.29, 1.82) is 0 Å². The molecule has 0 aromatic carbocycles. The zero-order valence-electron chi connectivity index (χ0n) is 6.85. The molecule has 0 aliphatic carbocycles. The van der Waals surface area contributed by atoms with Gasteiger partial charge in [-0.15, -0.1) is 0 Å². The molecule has 0 aliphatic heterocycles. The van der Waals surface area contributed by atoms with Crippen molar-refractivity contribution in [2.75, 3.05) is 0 Å². The van der Waals surface area contributed by atoms with Gasteiger partial charge in [0.1, 0.15) is 0 Å². The van der Waals surface area contributed by atoms with Crippen molar-refractivity contribution in [2.45, 2.75) is 26.7 Å². The largest absolute Gasteiger partial charge is 0.472 e. The Morgan fingerprint density at radius 1 is 1.55 bits per heavy atom.